The van der Waals surface area contributed by atoms with Gasteiger partial charge in [0.15, 0.2) is 0 Å². The van der Waals surface area contributed by atoms with Crippen LogP contribution in [-0.2, 0) is 9.53 Å². The summed E-state index contributed by atoms with van der Waals surface area (Å²) < 4.78 is 4.99. The molecule has 0 aliphatic heterocycles. The van der Waals surface area contributed by atoms with E-state index in [1.807, 2.05) is 50.2 Å². The highest BCUT2D eigenvalue weighted by Gasteiger charge is 2.14. The van der Waals surface area contributed by atoms with E-state index in [2.05, 4.69) is 10.6 Å². The molecule has 0 unspecified atom stereocenters. The number of nitrogens with one attached hydrogen (secondary N) is 2. The first-order valence-electron chi connectivity index (χ1n) is 8.93. The highest BCUT2D eigenvalue weighted by Crippen LogP contribution is 2.09. The van der Waals surface area contributed by atoms with Crippen molar-refractivity contribution in [2.45, 2.75) is 20.3 Å². The van der Waals surface area contributed by atoms with Gasteiger partial charge in [-0.25, -0.2) is 0 Å². The van der Waals surface area contributed by atoms with Gasteiger partial charge in [-0.2, -0.15) is 0 Å². The maximum absolute atomic E-state index is 12.6. The second kappa shape index (κ2) is 10.3. The number of carbonyl (C=O) groups is 2. The highest BCUT2D eigenvalue weighted by atomic mass is 16.5. The van der Waals surface area contributed by atoms with Crippen molar-refractivity contribution < 1.29 is 14.3 Å². The lowest BCUT2D eigenvalue weighted by Crippen LogP contribution is -2.35. The van der Waals surface area contributed by atoms with Gasteiger partial charge in [-0.1, -0.05) is 47.5 Å². The number of carbonyl (C=O) groups excluding carboxylic acids is 2. The minimum absolute atomic E-state index is 0.210. The van der Waals surface area contributed by atoms with Crippen molar-refractivity contribution in [2.75, 3.05) is 20.3 Å². The molecule has 0 heterocycles. The van der Waals surface area contributed by atoms with Crippen molar-refractivity contribution in [1.82, 2.24) is 10.6 Å². The summed E-state index contributed by atoms with van der Waals surface area (Å²) in [4.78, 5) is 25.1. The van der Waals surface area contributed by atoms with Crippen molar-refractivity contribution in [2.24, 2.45) is 0 Å². The first kappa shape index (κ1) is 20.4. The Hall–Kier alpha value is -2.92. The van der Waals surface area contributed by atoms with Crippen LogP contribution in [0.25, 0.3) is 6.08 Å². The maximum Gasteiger partial charge on any atom is 0.267 e. The molecule has 0 fully saturated rings. The van der Waals surface area contributed by atoms with E-state index in [9.17, 15) is 9.59 Å². The Balaban J connectivity index is 2.17. The molecular formula is C22H26N2O3. The van der Waals surface area contributed by atoms with Gasteiger partial charge in [-0.05, 0) is 44.0 Å². The fraction of sp³-hybridized carbons (Fsp3) is 0.273. The number of hydrogen-bond acceptors (Lipinski definition) is 3. The molecule has 0 aliphatic rings. The first-order chi connectivity index (χ1) is 13.0. The lowest BCUT2D eigenvalue weighted by atomic mass is 10.1. The lowest BCUT2D eigenvalue weighted by Gasteiger charge is -2.11. The fourth-order valence-corrected chi connectivity index (χ4v) is 2.40. The summed E-state index contributed by atoms with van der Waals surface area (Å²) in [6.45, 7) is 4.99. The van der Waals surface area contributed by atoms with Crippen LogP contribution in [0, 0.1) is 13.8 Å². The summed E-state index contributed by atoms with van der Waals surface area (Å²) in [7, 11) is 1.62. The molecule has 27 heavy (non-hydrogen) atoms. The monoisotopic (exact) mass is 366 g/mol. The van der Waals surface area contributed by atoms with Gasteiger partial charge in [-0.3, -0.25) is 9.59 Å². The largest absolute Gasteiger partial charge is 0.385 e. The molecule has 0 spiro atoms. The molecule has 2 rings (SSSR count). The van der Waals surface area contributed by atoms with Gasteiger partial charge in [-0.15, -0.1) is 0 Å². The number of amides is 2. The Morgan fingerprint density at radius 3 is 2.15 bits per heavy atom. The normalized spacial score (nSPS) is 11.1. The number of rotatable bonds is 8. The minimum atomic E-state index is -0.327. The summed E-state index contributed by atoms with van der Waals surface area (Å²) >= 11 is 0. The molecule has 0 saturated heterocycles. The van der Waals surface area contributed by atoms with Crippen LogP contribution in [0.3, 0.4) is 0 Å². The third kappa shape index (κ3) is 6.72. The summed E-state index contributed by atoms with van der Waals surface area (Å²) in [5.74, 6) is -0.646. The molecule has 0 bridgehead atoms. The zero-order valence-corrected chi connectivity index (χ0v) is 16.0. The Bertz CT molecular complexity index is 793. The molecular weight excluding hydrogens is 340 g/mol. The van der Waals surface area contributed by atoms with Gasteiger partial charge in [0.25, 0.3) is 11.8 Å². The first-order valence-corrected chi connectivity index (χ1v) is 8.93. The lowest BCUT2D eigenvalue weighted by molar-refractivity contribution is -0.117. The summed E-state index contributed by atoms with van der Waals surface area (Å²) in [6.07, 6.45) is 2.38. The predicted octanol–water partition coefficient (Wildman–Crippen LogP) is 3.23. The van der Waals surface area contributed by atoms with Gasteiger partial charge in [0, 0.05) is 25.8 Å². The van der Waals surface area contributed by atoms with Gasteiger partial charge in [0.05, 0.1) is 0 Å². The SMILES string of the molecule is COCCCNC(=O)C(=Cc1ccc(C)cc1)NC(=O)c1ccc(C)cc1. The van der Waals surface area contributed by atoms with Gasteiger partial charge < -0.3 is 15.4 Å². The molecule has 0 atom stereocenters. The Labute approximate surface area is 160 Å². The molecule has 142 valence electrons. The van der Waals surface area contributed by atoms with Crippen LogP contribution in [-0.4, -0.2) is 32.1 Å². The average molecular weight is 366 g/mol. The van der Waals surface area contributed by atoms with E-state index < -0.39 is 0 Å². The van der Waals surface area contributed by atoms with E-state index >= 15 is 0 Å². The van der Waals surface area contributed by atoms with Crippen molar-refractivity contribution in [1.29, 1.82) is 0 Å². The Morgan fingerprint density at radius 1 is 0.963 bits per heavy atom. The standard InChI is InChI=1S/C22H26N2O3/c1-16-5-9-18(10-6-16)15-20(22(26)23-13-4-14-27-3)24-21(25)19-11-7-17(2)8-12-19/h5-12,15H,4,13-14H2,1-3H3,(H,23,26)(H,24,25). The summed E-state index contributed by atoms with van der Waals surface area (Å²) in [5, 5.41) is 5.55. The van der Waals surface area contributed by atoms with Crippen molar-refractivity contribution in [3.8, 4) is 0 Å². The Morgan fingerprint density at radius 2 is 1.56 bits per heavy atom. The number of hydrogen-bond donors (Lipinski definition) is 2. The van der Waals surface area contributed by atoms with Crippen LogP contribution in [0.1, 0.15) is 33.5 Å². The Kier molecular flexibility index (Phi) is 7.77. The van der Waals surface area contributed by atoms with E-state index in [1.54, 1.807) is 25.3 Å². The second-order valence-corrected chi connectivity index (χ2v) is 6.39. The molecule has 2 aromatic rings. The van der Waals surface area contributed by atoms with Gasteiger partial charge >= 0.3 is 0 Å². The minimum Gasteiger partial charge on any atom is -0.385 e. The summed E-state index contributed by atoms with van der Waals surface area (Å²) in [5.41, 5.74) is 3.75. The molecule has 5 heteroatoms. The molecule has 5 nitrogen and oxygen atoms in total. The van der Waals surface area contributed by atoms with E-state index in [1.165, 1.54) is 0 Å². The topological polar surface area (TPSA) is 67.4 Å². The van der Waals surface area contributed by atoms with E-state index in [-0.39, 0.29) is 17.5 Å². The predicted molar refractivity (Wildman–Crippen MR) is 107 cm³/mol. The third-order valence-corrected chi connectivity index (χ3v) is 4.01. The quantitative estimate of drug-likeness (QED) is 0.557. The second-order valence-electron chi connectivity index (χ2n) is 6.39. The van der Waals surface area contributed by atoms with E-state index in [4.69, 9.17) is 4.74 Å². The van der Waals surface area contributed by atoms with Crippen LogP contribution in [0.15, 0.2) is 54.2 Å². The van der Waals surface area contributed by atoms with Crippen LogP contribution < -0.4 is 10.6 Å². The molecule has 2 amide bonds. The third-order valence-electron chi connectivity index (χ3n) is 4.01. The van der Waals surface area contributed by atoms with E-state index in [0.717, 1.165) is 16.7 Å². The van der Waals surface area contributed by atoms with E-state index in [0.29, 0.717) is 25.1 Å². The molecule has 2 aromatic carbocycles. The van der Waals surface area contributed by atoms with Crippen molar-refractivity contribution in [3.63, 3.8) is 0 Å². The van der Waals surface area contributed by atoms with Crippen LogP contribution in [0.4, 0.5) is 0 Å². The maximum atomic E-state index is 12.6. The van der Waals surface area contributed by atoms with Gasteiger partial charge in [0.1, 0.15) is 5.70 Å². The molecule has 0 saturated carbocycles. The number of benzene rings is 2. The van der Waals surface area contributed by atoms with Crippen molar-refractivity contribution >= 4 is 17.9 Å². The average Bonchev–Trinajstić information content (AvgIpc) is 2.66. The summed E-state index contributed by atoms with van der Waals surface area (Å²) in [6, 6.07) is 14.9. The smallest absolute Gasteiger partial charge is 0.267 e. The number of ether oxygens (including phenoxy) is 1. The molecule has 2 N–H and O–H groups in total. The zero-order chi connectivity index (χ0) is 19.6. The van der Waals surface area contributed by atoms with Crippen molar-refractivity contribution in [3.05, 3.63) is 76.5 Å². The van der Waals surface area contributed by atoms with Crippen LogP contribution in [0.2, 0.25) is 0 Å². The fourth-order valence-electron chi connectivity index (χ4n) is 2.40. The molecule has 0 aromatic heterocycles. The van der Waals surface area contributed by atoms with Gasteiger partial charge in [0.2, 0.25) is 0 Å². The molecule has 0 aliphatic carbocycles. The molecule has 0 radical (unpaired) electrons. The van der Waals surface area contributed by atoms with Crippen LogP contribution in [0.5, 0.6) is 0 Å². The number of methoxy groups -OCH3 is 1. The highest BCUT2D eigenvalue weighted by molar-refractivity contribution is 6.05. The number of aryl methyl sites for hydroxylation is 2. The van der Waals surface area contributed by atoms with Crippen LogP contribution >= 0.6 is 0 Å². The zero-order valence-electron chi connectivity index (χ0n) is 16.0.